The van der Waals surface area contributed by atoms with Gasteiger partial charge in [0.15, 0.2) is 0 Å². The minimum atomic E-state index is 0.720. The van der Waals surface area contributed by atoms with Crippen LogP contribution in [0.4, 0.5) is 5.69 Å². The predicted octanol–water partition coefficient (Wildman–Crippen LogP) is 2.10. The molecule has 0 heterocycles. The second-order valence-corrected chi connectivity index (χ2v) is 4.20. The van der Waals surface area contributed by atoms with Gasteiger partial charge in [-0.1, -0.05) is 6.07 Å². The van der Waals surface area contributed by atoms with Gasteiger partial charge in [-0.3, -0.25) is 0 Å². The molecule has 0 radical (unpaired) electrons. The fourth-order valence-corrected chi connectivity index (χ4v) is 1.93. The molecular weight excluding hydrogens is 200 g/mol. The quantitative estimate of drug-likeness (QED) is 0.829. The van der Waals surface area contributed by atoms with Gasteiger partial charge in [-0.25, -0.2) is 0 Å². The highest BCUT2D eigenvalue weighted by Crippen LogP contribution is 2.32. The number of nitrogens with two attached hydrogens (primary N) is 1. The highest BCUT2D eigenvalue weighted by Gasteiger charge is 2.11. The predicted molar refractivity (Wildman–Crippen MR) is 69.4 cm³/mol. The molecule has 0 aliphatic heterocycles. The molecule has 0 saturated carbocycles. The van der Waals surface area contributed by atoms with Crippen LogP contribution >= 0.6 is 0 Å². The SMILES string of the molecule is COc1c(C)cc(C)cc1N(C)CCCN. The van der Waals surface area contributed by atoms with Crippen molar-refractivity contribution in [2.24, 2.45) is 5.73 Å². The molecule has 1 aromatic carbocycles. The third kappa shape index (κ3) is 2.89. The topological polar surface area (TPSA) is 38.5 Å². The van der Waals surface area contributed by atoms with Crippen LogP contribution < -0.4 is 15.4 Å². The number of hydrogen-bond donors (Lipinski definition) is 1. The number of rotatable bonds is 5. The molecule has 0 aliphatic rings. The van der Waals surface area contributed by atoms with E-state index in [1.165, 1.54) is 11.1 Å². The summed E-state index contributed by atoms with van der Waals surface area (Å²) in [5, 5.41) is 0. The van der Waals surface area contributed by atoms with E-state index in [2.05, 4.69) is 37.9 Å². The molecule has 2 N–H and O–H groups in total. The summed E-state index contributed by atoms with van der Waals surface area (Å²) in [6.07, 6.45) is 0.993. The van der Waals surface area contributed by atoms with E-state index in [0.29, 0.717) is 0 Å². The Balaban J connectivity index is 3.00. The van der Waals surface area contributed by atoms with E-state index >= 15 is 0 Å². The Bertz CT molecular complexity index is 350. The lowest BCUT2D eigenvalue weighted by Crippen LogP contribution is -2.21. The van der Waals surface area contributed by atoms with Gasteiger partial charge in [0.05, 0.1) is 12.8 Å². The summed E-state index contributed by atoms with van der Waals surface area (Å²) in [6, 6.07) is 4.29. The van der Waals surface area contributed by atoms with Crippen molar-refractivity contribution in [2.45, 2.75) is 20.3 Å². The first-order valence-electron chi connectivity index (χ1n) is 5.66. The third-order valence-electron chi connectivity index (χ3n) is 2.71. The molecule has 1 rings (SSSR count). The van der Waals surface area contributed by atoms with Crippen molar-refractivity contribution >= 4 is 5.69 Å². The van der Waals surface area contributed by atoms with Crippen LogP contribution in [-0.4, -0.2) is 27.2 Å². The normalized spacial score (nSPS) is 10.3. The summed E-state index contributed by atoms with van der Waals surface area (Å²) in [5.74, 6) is 0.963. The first-order chi connectivity index (χ1) is 7.60. The third-order valence-corrected chi connectivity index (χ3v) is 2.71. The summed E-state index contributed by atoms with van der Waals surface area (Å²) in [5.41, 5.74) is 9.11. The van der Waals surface area contributed by atoms with Crippen molar-refractivity contribution in [3.63, 3.8) is 0 Å². The number of anilines is 1. The lowest BCUT2D eigenvalue weighted by atomic mass is 10.1. The van der Waals surface area contributed by atoms with Crippen molar-refractivity contribution in [1.29, 1.82) is 0 Å². The van der Waals surface area contributed by atoms with Gasteiger partial charge in [0.1, 0.15) is 5.75 Å². The zero-order chi connectivity index (χ0) is 12.1. The van der Waals surface area contributed by atoms with E-state index < -0.39 is 0 Å². The fourth-order valence-electron chi connectivity index (χ4n) is 1.93. The van der Waals surface area contributed by atoms with Crippen molar-refractivity contribution in [2.75, 3.05) is 32.1 Å². The summed E-state index contributed by atoms with van der Waals surface area (Å²) in [7, 11) is 3.80. The van der Waals surface area contributed by atoms with Crippen LogP contribution in [0.15, 0.2) is 12.1 Å². The van der Waals surface area contributed by atoms with Gasteiger partial charge in [-0.2, -0.15) is 0 Å². The molecule has 0 unspecified atom stereocenters. The zero-order valence-corrected chi connectivity index (χ0v) is 10.7. The minimum Gasteiger partial charge on any atom is -0.494 e. The van der Waals surface area contributed by atoms with E-state index in [0.717, 1.165) is 30.9 Å². The van der Waals surface area contributed by atoms with Gasteiger partial charge >= 0.3 is 0 Å². The number of benzene rings is 1. The Labute approximate surface area is 98.2 Å². The first kappa shape index (κ1) is 12.8. The largest absolute Gasteiger partial charge is 0.494 e. The molecule has 1 aromatic rings. The Morgan fingerprint density at radius 2 is 2.00 bits per heavy atom. The Hall–Kier alpha value is -1.22. The average Bonchev–Trinajstić information content (AvgIpc) is 2.24. The minimum absolute atomic E-state index is 0.720. The van der Waals surface area contributed by atoms with Gasteiger partial charge in [-0.05, 0) is 44.0 Å². The number of ether oxygens (including phenoxy) is 1. The van der Waals surface area contributed by atoms with Crippen molar-refractivity contribution < 1.29 is 4.74 Å². The fraction of sp³-hybridized carbons (Fsp3) is 0.538. The van der Waals surface area contributed by atoms with Gasteiger partial charge in [-0.15, -0.1) is 0 Å². The van der Waals surface area contributed by atoms with E-state index in [1.807, 2.05) is 0 Å². The zero-order valence-electron chi connectivity index (χ0n) is 10.7. The molecule has 16 heavy (non-hydrogen) atoms. The van der Waals surface area contributed by atoms with Crippen LogP contribution in [0.1, 0.15) is 17.5 Å². The maximum Gasteiger partial charge on any atom is 0.145 e. The second kappa shape index (κ2) is 5.75. The van der Waals surface area contributed by atoms with Crippen LogP contribution in [0.25, 0.3) is 0 Å². The number of methoxy groups -OCH3 is 1. The number of hydrogen-bond acceptors (Lipinski definition) is 3. The maximum atomic E-state index is 5.53. The summed E-state index contributed by atoms with van der Waals surface area (Å²) in [4.78, 5) is 2.20. The lowest BCUT2D eigenvalue weighted by molar-refractivity contribution is 0.411. The summed E-state index contributed by atoms with van der Waals surface area (Å²) < 4.78 is 5.46. The Morgan fingerprint density at radius 1 is 1.31 bits per heavy atom. The van der Waals surface area contributed by atoms with Crippen molar-refractivity contribution in [3.8, 4) is 5.75 Å². The Kier molecular flexibility index (Phi) is 4.62. The van der Waals surface area contributed by atoms with E-state index in [1.54, 1.807) is 7.11 Å². The Morgan fingerprint density at radius 3 is 2.56 bits per heavy atom. The molecule has 90 valence electrons. The molecule has 0 spiro atoms. The van der Waals surface area contributed by atoms with Gasteiger partial charge in [0, 0.05) is 13.6 Å². The standard InChI is InChI=1S/C13H22N2O/c1-10-8-11(2)13(16-4)12(9-10)15(3)7-5-6-14/h8-9H,5-7,14H2,1-4H3. The lowest BCUT2D eigenvalue weighted by Gasteiger charge is -2.23. The molecule has 3 heteroatoms. The van der Waals surface area contributed by atoms with Crippen LogP contribution in [-0.2, 0) is 0 Å². The molecule has 0 amide bonds. The maximum absolute atomic E-state index is 5.53. The summed E-state index contributed by atoms with van der Waals surface area (Å²) >= 11 is 0. The molecule has 3 nitrogen and oxygen atoms in total. The average molecular weight is 222 g/mol. The smallest absolute Gasteiger partial charge is 0.145 e. The number of nitrogens with zero attached hydrogens (tertiary/aromatic N) is 1. The monoisotopic (exact) mass is 222 g/mol. The molecule has 0 saturated heterocycles. The van der Waals surface area contributed by atoms with Crippen molar-refractivity contribution in [1.82, 2.24) is 0 Å². The van der Waals surface area contributed by atoms with Gasteiger partial charge in [0.2, 0.25) is 0 Å². The summed E-state index contributed by atoms with van der Waals surface area (Å²) in [6.45, 7) is 5.85. The van der Waals surface area contributed by atoms with Crippen molar-refractivity contribution in [3.05, 3.63) is 23.3 Å². The van der Waals surface area contributed by atoms with Crippen LogP contribution in [0.3, 0.4) is 0 Å². The molecule has 0 aromatic heterocycles. The van der Waals surface area contributed by atoms with Gasteiger partial charge in [0.25, 0.3) is 0 Å². The molecule has 0 atom stereocenters. The van der Waals surface area contributed by atoms with Crippen LogP contribution in [0, 0.1) is 13.8 Å². The highest BCUT2D eigenvalue weighted by molar-refractivity contribution is 5.63. The molecule has 0 fully saturated rings. The second-order valence-electron chi connectivity index (χ2n) is 4.20. The molecule has 0 bridgehead atoms. The molecular formula is C13H22N2O. The van der Waals surface area contributed by atoms with Gasteiger partial charge < -0.3 is 15.4 Å². The van der Waals surface area contributed by atoms with E-state index in [9.17, 15) is 0 Å². The first-order valence-corrected chi connectivity index (χ1v) is 5.66. The highest BCUT2D eigenvalue weighted by atomic mass is 16.5. The number of aryl methyl sites for hydroxylation is 2. The van der Waals surface area contributed by atoms with E-state index in [-0.39, 0.29) is 0 Å². The van der Waals surface area contributed by atoms with Crippen LogP contribution in [0.2, 0.25) is 0 Å². The van der Waals surface area contributed by atoms with Crippen LogP contribution in [0.5, 0.6) is 5.75 Å². The molecule has 0 aliphatic carbocycles. The van der Waals surface area contributed by atoms with E-state index in [4.69, 9.17) is 10.5 Å².